The van der Waals surface area contributed by atoms with Gasteiger partial charge in [-0.2, -0.15) is 0 Å². The fraction of sp³-hybridized carbons (Fsp3) is 0.467. The van der Waals surface area contributed by atoms with Gasteiger partial charge in [0.1, 0.15) is 12.1 Å². The molecule has 0 aliphatic heterocycles. The van der Waals surface area contributed by atoms with Crippen molar-refractivity contribution >= 4 is 27.7 Å². The number of aliphatic hydroxyl groups excluding tert-OH is 1. The van der Waals surface area contributed by atoms with E-state index in [1.54, 1.807) is 0 Å². The molecule has 0 heterocycles. The highest BCUT2D eigenvalue weighted by molar-refractivity contribution is 9.10. The number of primary amides is 1. The number of rotatable bonds is 7. The summed E-state index contributed by atoms with van der Waals surface area (Å²) >= 11 is 3.35. The topological polar surface area (TPSA) is 92.4 Å². The number of amides is 2. The molecule has 21 heavy (non-hydrogen) atoms. The van der Waals surface area contributed by atoms with Crippen LogP contribution in [0.2, 0.25) is 0 Å². The Hall–Kier alpha value is -1.40. The molecule has 0 aliphatic rings. The number of hydrogen-bond donors (Lipinski definition) is 3. The number of nitrogens with one attached hydrogen (secondary N) is 1. The van der Waals surface area contributed by atoms with Gasteiger partial charge in [-0.15, -0.1) is 0 Å². The van der Waals surface area contributed by atoms with Crippen LogP contribution in [0.4, 0.5) is 0 Å². The number of aliphatic hydroxyl groups is 1. The average Bonchev–Trinajstić information content (AvgIpc) is 2.36. The van der Waals surface area contributed by atoms with Crippen LogP contribution in [0, 0.1) is 5.92 Å². The number of halogens is 1. The summed E-state index contributed by atoms with van der Waals surface area (Å²) in [6, 6.07) is 6.57. The fourth-order valence-corrected chi connectivity index (χ4v) is 2.39. The van der Waals surface area contributed by atoms with E-state index in [1.165, 1.54) is 0 Å². The zero-order valence-corrected chi connectivity index (χ0v) is 13.8. The van der Waals surface area contributed by atoms with Crippen molar-refractivity contribution in [3.8, 4) is 0 Å². The molecule has 5 nitrogen and oxygen atoms in total. The van der Waals surface area contributed by atoms with Crippen molar-refractivity contribution in [2.45, 2.75) is 38.8 Å². The second-order valence-corrected chi connectivity index (χ2v) is 6.36. The Morgan fingerprint density at radius 1 is 1.38 bits per heavy atom. The van der Waals surface area contributed by atoms with Gasteiger partial charge in [-0.3, -0.25) is 9.59 Å². The normalized spacial score (nSPS) is 13.8. The lowest BCUT2D eigenvalue weighted by molar-refractivity contribution is -0.133. The predicted octanol–water partition coefficient (Wildman–Crippen LogP) is 1.37. The SMILES string of the molecule is CC(C)C[C@@H](O)C(=O)N[C@H](Cc1cccc(Br)c1)C(N)=O. The lowest BCUT2D eigenvalue weighted by Gasteiger charge is -2.19. The second-order valence-electron chi connectivity index (χ2n) is 5.44. The van der Waals surface area contributed by atoms with Gasteiger partial charge in [0.25, 0.3) is 0 Å². The van der Waals surface area contributed by atoms with Gasteiger partial charge < -0.3 is 16.2 Å². The van der Waals surface area contributed by atoms with E-state index in [0.717, 1.165) is 10.0 Å². The highest BCUT2D eigenvalue weighted by Crippen LogP contribution is 2.13. The summed E-state index contributed by atoms with van der Waals surface area (Å²) in [6.45, 7) is 3.81. The summed E-state index contributed by atoms with van der Waals surface area (Å²) in [5.74, 6) is -1.01. The Kier molecular flexibility index (Phi) is 6.84. The number of benzene rings is 1. The van der Waals surface area contributed by atoms with Gasteiger partial charge in [0.05, 0.1) is 0 Å². The van der Waals surface area contributed by atoms with E-state index in [4.69, 9.17) is 5.73 Å². The predicted molar refractivity (Wildman–Crippen MR) is 84.4 cm³/mol. The molecule has 0 aromatic heterocycles. The highest BCUT2D eigenvalue weighted by atomic mass is 79.9. The first-order valence-corrected chi connectivity index (χ1v) is 7.61. The third-order valence-electron chi connectivity index (χ3n) is 2.99. The fourth-order valence-electron chi connectivity index (χ4n) is 1.94. The van der Waals surface area contributed by atoms with Gasteiger partial charge >= 0.3 is 0 Å². The first kappa shape index (κ1) is 17.7. The number of nitrogens with two attached hydrogens (primary N) is 1. The number of carbonyl (C=O) groups is 2. The molecule has 2 atom stereocenters. The smallest absolute Gasteiger partial charge is 0.249 e. The van der Waals surface area contributed by atoms with Crippen LogP contribution in [0.3, 0.4) is 0 Å². The molecule has 0 unspecified atom stereocenters. The molecule has 6 heteroatoms. The zero-order chi connectivity index (χ0) is 16.0. The summed E-state index contributed by atoms with van der Waals surface area (Å²) in [4.78, 5) is 23.4. The molecule has 116 valence electrons. The first-order chi connectivity index (χ1) is 9.79. The van der Waals surface area contributed by atoms with Crippen LogP contribution in [0.5, 0.6) is 0 Å². The van der Waals surface area contributed by atoms with Crippen molar-refractivity contribution in [2.75, 3.05) is 0 Å². The van der Waals surface area contributed by atoms with E-state index in [1.807, 2.05) is 38.1 Å². The van der Waals surface area contributed by atoms with Crippen LogP contribution >= 0.6 is 15.9 Å². The van der Waals surface area contributed by atoms with Gasteiger partial charge in [-0.05, 0) is 30.0 Å². The van der Waals surface area contributed by atoms with E-state index in [9.17, 15) is 14.7 Å². The minimum absolute atomic E-state index is 0.183. The molecular formula is C15H21BrN2O3. The first-order valence-electron chi connectivity index (χ1n) is 6.81. The van der Waals surface area contributed by atoms with Crippen molar-refractivity contribution < 1.29 is 14.7 Å². The summed E-state index contributed by atoms with van der Waals surface area (Å²) in [5.41, 5.74) is 6.19. The Morgan fingerprint density at radius 3 is 2.57 bits per heavy atom. The van der Waals surface area contributed by atoms with Crippen molar-refractivity contribution in [1.29, 1.82) is 0 Å². The Bertz CT molecular complexity index is 505. The van der Waals surface area contributed by atoms with Crippen LogP contribution in [0.15, 0.2) is 28.7 Å². The van der Waals surface area contributed by atoms with Gasteiger partial charge in [-0.1, -0.05) is 41.9 Å². The zero-order valence-electron chi connectivity index (χ0n) is 12.2. The molecule has 0 radical (unpaired) electrons. The molecule has 0 spiro atoms. The molecular weight excluding hydrogens is 336 g/mol. The summed E-state index contributed by atoms with van der Waals surface area (Å²) in [6.07, 6.45) is -0.502. The molecule has 1 aromatic carbocycles. The third-order valence-corrected chi connectivity index (χ3v) is 3.48. The second kappa shape index (κ2) is 8.14. The quantitative estimate of drug-likeness (QED) is 0.688. The van der Waals surface area contributed by atoms with E-state index in [2.05, 4.69) is 21.2 Å². The van der Waals surface area contributed by atoms with Crippen molar-refractivity contribution in [2.24, 2.45) is 11.7 Å². The lowest BCUT2D eigenvalue weighted by atomic mass is 10.0. The van der Waals surface area contributed by atoms with Gasteiger partial charge in [0.2, 0.25) is 11.8 Å². The molecule has 0 aliphatic carbocycles. The molecule has 1 aromatic rings. The standard InChI is InChI=1S/C15H21BrN2O3/c1-9(2)6-13(19)15(21)18-12(14(17)20)8-10-4-3-5-11(16)7-10/h3-5,7,9,12-13,19H,6,8H2,1-2H3,(H2,17,20)(H,18,21)/t12-,13-/m1/s1. The minimum atomic E-state index is -1.13. The molecule has 4 N–H and O–H groups in total. The van der Waals surface area contributed by atoms with Crippen molar-refractivity contribution in [3.05, 3.63) is 34.3 Å². The van der Waals surface area contributed by atoms with Crippen molar-refractivity contribution in [3.63, 3.8) is 0 Å². The average molecular weight is 357 g/mol. The minimum Gasteiger partial charge on any atom is -0.383 e. The lowest BCUT2D eigenvalue weighted by Crippen LogP contribution is -2.49. The highest BCUT2D eigenvalue weighted by Gasteiger charge is 2.23. The van der Waals surface area contributed by atoms with E-state index < -0.39 is 24.0 Å². The summed E-state index contributed by atoms with van der Waals surface area (Å²) in [5, 5.41) is 12.3. The van der Waals surface area contributed by atoms with Crippen LogP contribution < -0.4 is 11.1 Å². The van der Waals surface area contributed by atoms with E-state index >= 15 is 0 Å². The van der Waals surface area contributed by atoms with Gasteiger partial charge in [0, 0.05) is 10.9 Å². The van der Waals surface area contributed by atoms with Gasteiger partial charge in [-0.25, -0.2) is 0 Å². The number of carbonyl (C=O) groups excluding carboxylic acids is 2. The van der Waals surface area contributed by atoms with Crippen molar-refractivity contribution in [1.82, 2.24) is 5.32 Å². The third kappa shape index (κ3) is 6.27. The largest absolute Gasteiger partial charge is 0.383 e. The van der Waals surface area contributed by atoms with Crippen LogP contribution in [0.25, 0.3) is 0 Å². The van der Waals surface area contributed by atoms with Crippen LogP contribution in [-0.4, -0.2) is 29.1 Å². The van der Waals surface area contributed by atoms with Crippen LogP contribution in [0.1, 0.15) is 25.8 Å². The summed E-state index contributed by atoms with van der Waals surface area (Å²) < 4.78 is 0.884. The monoisotopic (exact) mass is 356 g/mol. The number of hydrogen-bond acceptors (Lipinski definition) is 3. The molecule has 0 saturated heterocycles. The maximum atomic E-state index is 11.9. The maximum Gasteiger partial charge on any atom is 0.249 e. The Morgan fingerprint density at radius 2 is 2.05 bits per heavy atom. The molecule has 1 rings (SSSR count). The van der Waals surface area contributed by atoms with E-state index in [0.29, 0.717) is 6.42 Å². The van der Waals surface area contributed by atoms with E-state index in [-0.39, 0.29) is 12.3 Å². The van der Waals surface area contributed by atoms with Gasteiger partial charge in [0.15, 0.2) is 0 Å². The van der Waals surface area contributed by atoms with Crippen LogP contribution in [-0.2, 0) is 16.0 Å². The molecule has 2 amide bonds. The maximum absolute atomic E-state index is 11.9. The molecule has 0 saturated carbocycles. The Labute approximate surface area is 133 Å². The molecule has 0 bridgehead atoms. The Balaban J connectivity index is 2.70. The summed E-state index contributed by atoms with van der Waals surface area (Å²) in [7, 11) is 0. The molecule has 0 fully saturated rings.